The molecule has 0 radical (unpaired) electrons. The second-order valence-corrected chi connectivity index (χ2v) is 6.30. The van der Waals surface area contributed by atoms with Crippen molar-refractivity contribution in [2.45, 2.75) is 90.5 Å². The lowest BCUT2D eigenvalue weighted by Crippen LogP contribution is -2.07. The molecule has 0 saturated heterocycles. The first-order valence-electron chi connectivity index (χ1n) is 9.11. The van der Waals surface area contributed by atoms with E-state index in [9.17, 15) is 0 Å². The Morgan fingerprint density at radius 1 is 0.810 bits per heavy atom. The molecular formula is C20H35N. The van der Waals surface area contributed by atoms with E-state index >= 15 is 0 Å². The summed E-state index contributed by atoms with van der Waals surface area (Å²) in [5, 5.41) is 0. The van der Waals surface area contributed by atoms with Gasteiger partial charge in [-0.15, -0.1) is 0 Å². The molecular weight excluding hydrogens is 254 g/mol. The maximum Gasteiger partial charge on any atom is 0.0180 e. The molecule has 120 valence electrons. The van der Waals surface area contributed by atoms with Crippen LogP contribution in [0.25, 0.3) is 0 Å². The van der Waals surface area contributed by atoms with Crippen molar-refractivity contribution < 1.29 is 0 Å². The van der Waals surface area contributed by atoms with E-state index in [1.54, 1.807) is 0 Å². The van der Waals surface area contributed by atoms with Gasteiger partial charge in [0.2, 0.25) is 0 Å². The molecule has 1 rings (SSSR count). The normalized spacial score (nSPS) is 11.2. The molecule has 0 heterocycles. The van der Waals surface area contributed by atoms with E-state index in [4.69, 9.17) is 5.73 Å². The lowest BCUT2D eigenvalue weighted by molar-refractivity contribution is 0.494. The number of unbranched alkanes of at least 4 members (excludes halogenated alkanes) is 6. The lowest BCUT2D eigenvalue weighted by atomic mass is 9.85. The SMILES string of the molecule is CCCCCCC(CCCCCC)c1ccccc1CN. The summed E-state index contributed by atoms with van der Waals surface area (Å²) in [6, 6.07) is 8.82. The number of benzene rings is 1. The molecule has 0 aliphatic heterocycles. The van der Waals surface area contributed by atoms with Gasteiger partial charge < -0.3 is 5.73 Å². The summed E-state index contributed by atoms with van der Waals surface area (Å²) in [6.07, 6.45) is 13.6. The maximum atomic E-state index is 5.94. The molecule has 1 aromatic rings. The van der Waals surface area contributed by atoms with Gasteiger partial charge in [-0.1, -0.05) is 89.5 Å². The van der Waals surface area contributed by atoms with Gasteiger partial charge in [-0.2, -0.15) is 0 Å². The molecule has 0 spiro atoms. The van der Waals surface area contributed by atoms with Crippen LogP contribution in [-0.4, -0.2) is 0 Å². The average Bonchev–Trinajstić information content (AvgIpc) is 2.53. The third kappa shape index (κ3) is 7.13. The predicted molar refractivity (Wildman–Crippen MR) is 94.6 cm³/mol. The number of hydrogen-bond donors (Lipinski definition) is 1. The Balaban J connectivity index is 2.60. The van der Waals surface area contributed by atoms with Crippen LogP contribution < -0.4 is 5.73 Å². The van der Waals surface area contributed by atoms with Crippen LogP contribution in [0.5, 0.6) is 0 Å². The highest BCUT2D eigenvalue weighted by Crippen LogP contribution is 2.30. The summed E-state index contributed by atoms with van der Waals surface area (Å²) < 4.78 is 0. The van der Waals surface area contributed by atoms with Crippen LogP contribution in [0.3, 0.4) is 0 Å². The van der Waals surface area contributed by atoms with Crippen molar-refractivity contribution >= 4 is 0 Å². The first kappa shape index (κ1) is 18.2. The molecule has 0 aliphatic carbocycles. The van der Waals surface area contributed by atoms with Crippen molar-refractivity contribution in [1.82, 2.24) is 0 Å². The average molecular weight is 290 g/mol. The summed E-state index contributed by atoms with van der Waals surface area (Å²) in [5.74, 6) is 0.721. The summed E-state index contributed by atoms with van der Waals surface area (Å²) in [4.78, 5) is 0. The summed E-state index contributed by atoms with van der Waals surface area (Å²) >= 11 is 0. The fraction of sp³-hybridized carbons (Fsp3) is 0.700. The first-order chi connectivity index (χ1) is 10.3. The standard InChI is InChI=1S/C20H35N/c1-3-5-7-9-13-18(14-10-8-6-4-2)20-16-12-11-15-19(20)17-21/h11-12,15-16,18H,3-10,13-14,17,21H2,1-2H3. The summed E-state index contributed by atoms with van der Waals surface area (Å²) in [5.41, 5.74) is 8.82. The largest absolute Gasteiger partial charge is 0.326 e. The molecule has 0 bridgehead atoms. The van der Waals surface area contributed by atoms with E-state index in [0.29, 0.717) is 6.54 Å². The van der Waals surface area contributed by atoms with Crippen LogP contribution in [0, 0.1) is 0 Å². The van der Waals surface area contributed by atoms with Crippen LogP contribution in [0.15, 0.2) is 24.3 Å². The fourth-order valence-electron chi connectivity index (χ4n) is 3.21. The minimum Gasteiger partial charge on any atom is -0.326 e. The van der Waals surface area contributed by atoms with Gasteiger partial charge in [0.25, 0.3) is 0 Å². The zero-order valence-corrected chi connectivity index (χ0v) is 14.2. The summed E-state index contributed by atoms with van der Waals surface area (Å²) in [7, 11) is 0. The molecule has 0 unspecified atom stereocenters. The Morgan fingerprint density at radius 3 is 1.90 bits per heavy atom. The van der Waals surface area contributed by atoms with E-state index < -0.39 is 0 Å². The Morgan fingerprint density at radius 2 is 1.38 bits per heavy atom. The van der Waals surface area contributed by atoms with Crippen molar-refractivity contribution in [1.29, 1.82) is 0 Å². The Kier molecular flexibility index (Phi) is 10.2. The molecule has 21 heavy (non-hydrogen) atoms. The third-order valence-corrected chi connectivity index (χ3v) is 4.53. The van der Waals surface area contributed by atoms with E-state index in [-0.39, 0.29) is 0 Å². The number of rotatable bonds is 12. The Labute approximate surface area is 132 Å². The zero-order chi connectivity index (χ0) is 15.3. The van der Waals surface area contributed by atoms with Crippen LogP contribution in [0.4, 0.5) is 0 Å². The van der Waals surface area contributed by atoms with Crippen LogP contribution in [0.2, 0.25) is 0 Å². The molecule has 1 nitrogen and oxygen atoms in total. The van der Waals surface area contributed by atoms with E-state index in [1.165, 1.54) is 75.3 Å². The molecule has 0 atom stereocenters. The van der Waals surface area contributed by atoms with Gasteiger partial charge in [0.05, 0.1) is 0 Å². The minimum absolute atomic E-state index is 0.677. The second-order valence-electron chi connectivity index (χ2n) is 6.30. The molecule has 0 saturated carbocycles. The molecule has 0 amide bonds. The van der Waals surface area contributed by atoms with Crippen molar-refractivity contribution in [2.75, 3.05) is 0 Å². The number of hydrogen-bond acceptors (Lipinski definition) is 1. The van der Waals surface area contributed by atoms with E-state index in [0.717, 1.165) is 5.92 Å². The van der Waals surface area contributed by atoms with Crippen molar-refractivity contribution in [3.63, 3.8) is 0 Å². The number of nitrogens with two attached hydrogens (primary N) is 1. The van der Waals surface area contributed by atoms with Gasteiger partial charge in [-0.3, -0.25) is 0 Å². The van der Waals surface area contributed by atoms with Crippen molar-refractivity contribution in [2.24, 2.45) is 5.73 Å². The van der Waals surface area contributed by atoms with Crippen molar-refractivity contribution in [3.05, 3.63) is 35.4 Å². The fourth-order valence-corrected chi connectivity index (χ4v) is 3.21. The zero-order valence-electron chi connectivity index (χ0n) is 14.2. The van der Waals surface area contributed by atoms with Gasteiger partial charge in [-0.05, 0) is 29.9 Å². The second kappa shape index (κ2) is 11.8. The molecule has 2 N–H and O–H groups in total. The molecule has 1 aromatic carbocycles. The Bertz CT molecular complexity index is 347. The molecule has 1 heteroatoms. The summed E-state index contributed by atoms with van der Waals surface area (Å²) in [6.45, 7) is 5.24. The lowest BCUT2D eigenvalue weighted by Gasteiger charge is -2.20. The molecule has 0 aromatic heterocycles. The smallest absolute Gasteiger partial charge is 0.0180 e. The highest BCUT2D eigenvalue weighted by atomic mass is 14.5. The monoisotopic (exact) mass is 289 g/mol. The molecule has 0 fully saturated rings. The van der Waals surface area contributed by atoms with Gasteiger partial charge in [0.15, 0.2) is 0 Å². The first-order valence-corrected chi connectivity index (χ1v) is 9.11. The minimum atomic E-state index is 0.677. The maximum absolute atomic E-state index is 5.94. The van der Waals surface area contributed by atoms with Crippen LogP contribution in [0.1, 0.15) is 95.1 Å². The highest BCUT2D eigenvalue weighted by molar-refractivity contribution is 5.30. The van der Waals surface area contributed by atoms with Crippen LogP contribution >= 0.6 is 0 Å². The topological polar surface area (TPSA) is 26.0 Å². The van der Waals surface area contributed by atoms with Crippen molar-refractivity contribution in [3.8, 4) is 0 Å². The quantitative estimate of drug-likeness (QED) is 0.457. The van der Waals surface area contributed by atoms with Gasteiger partial charge in [-0.25, -0.2) is 0 Å². The van der Waals surface area contributed by atoms with Crippen LogP contribution in [-0.2, 0) is 6.54 Å². The van der Waals surface area contributed by atoms with Gasteiger partial charge in [0.1, 0.15) is 0 Å². The highest BCUT2D eigenvalue weighted by Gasteiger charge is 2.14. The molecule has 0 aliphatic rings. The van der Waals surface area contributed by atoms with Gasteiger partial charge >= 0.3 is 0 Å². The van der Waals surface area contributed by atoms with Gasteiger partial charge in [0, 0.05) is 6.54 Å². The third-order valence-electron chi connectivity index (χ3n) is 4.53. The Hall–Kier alpha value is -0.820. The van der Waals surface area contributed by atoms with E-state index in [2.05, 4.69) is 38.1 Å². The van der Waals surface area contributed by atoms with E-state index in [1.807, 2.05) is 0 Å². The predicted octanol–water partition coefficient (Wildman–Crippen LogP) is 6.17.